The quantitative estimate of drug-likeness (QED) is 0.852. The molecule has 0 aliphatic carbocycles. The number of para-hydroxylation sites is 1. The average molecular weight is 291 g/mol. The molecule has 1 fully saturated rings. The minimum Gasteiger partial charge on any atom is -0.378 e. The van der Waals surface area contributed by atoms with Gasteiger partial charge in [-0.1, -0.05) is 18.2 Å². The molecule has 1 aliphatic rings. The highest BCUT2D eigenvalue weighted by atomic mass is 16.5. The second-order valence-corrected chi connectivity index (χ2v) is 5.56. The van der Waals surface area contributed by atoms with E-state index >= 15 is 0 Å². The van der Waals surface area contributed by atoms with Crippen LogP contribution in [0.3, 0.4) is 0 Å². The number of hydrogen-bond acceptors (Lipinski definition) is 4. The van der Waals surface area contributed by atoms with E-state index in [1.807, 2.05) is 31.1 Å². The number of carbonyl (C=O) groups excluding carboxylic acids is 1. The van der Waals surface area contributed by atoms with Gasteiger partial charge in [0, 0.05) is 38.3 Å². The lowest BCUT2D eigenvalue weighted by molar-refractivity contribution is -0.121. The van der Waals surface area contributed by atoms with E-state index in [1.54, 1.807) is 0 Å². The topological polar surface area (TPSA) is 44.8 Å². The maximum atomic E-state index is 11.8. The second kappa shape index (κ2) is 8.00. The van der Waals surface area contributed by atoms with E-state index in [4.69, 9.17) is 4.74 Å². The summed E-state index contributed by atoms with van der Waals surface area (Å²) in [6, 6.07) is 8.26. The van der Waals surface area contributed by atoms with E-state index in [-0.39, 0.29) is 5.91 Å². The summed E-state index contributed by atoms with van der Waals surface area (Å²) < 4.78 is 5.40. The third-order valence-electron chi connectivity index (χ3n) is 3.61. The van der Waals surface area contributed by atoms with Gasteiger partial charge in [0.25, 0.3) is 0 Å². The van der Waals surface area contributed by atoms with Crippen molar-refractivity contribution in [3.63, 3.8) is 0 Å². The molecule has 0 spiro atoms. The molecule has 0 aromatic heterocycles. The van der Waals surface area contributed by atoms with Crippen LogP contribution in [0.25, 0.3) is 0 Å². The van der Waals surface area contributed by atoms with Crippen molar-refractivity contribution in [3.8, 4) is 0 Å². The number of amides is 1. The van der Waals surface area contributed by atoms with Crippen molar-refractivity contribution in [2.45, 2.75) is 13.0 Å². The molecule has 1 aliphatic heterocycles. The molecule has 1 aromatic rings. The van der Waals surface area contributed by atoms with Crippen molar-refractivity contribution in [1.29, 1.82) is 0 Å². The van der Waals surface area contributed by atoms with E-state index in [0.717, 1.165) is 38.4 Å². The van der Waals surface area contributed by atoms with Gasteiger partial charge in [0.2, 0.25) is 5.91 Å². The van der Waals surface area contributed by atoms with Gasteiger partial charge in [-0.25, -0.2) is 0 Å². The zero-order chi connectivity index (χ0) is 15.1. The van der Waals surface area contributed by atoms with Gasteiger partial charge in [0.15, 0.2) is 0 Å². The van der Waals surface area contributed by atoms with Crippen LogP contribution in [0.5, 0.6) is 0 Å². The third kappa shape index (κ3) is 5.02. The Balaban J connectivity index is 1.92. The first-order chi connectivity index (χ1) is 10.2. The molecule has 2 rings (SSSR count). The molecule has 1 N–H and O–H groups in total. The fraction of sp³-hybridized carbons (Fsp3) is 0.562. The maximum absolute atomic E-state index is 11.8. The molecular weight excluding hydrogens is 266 g/mol. The molecule has 0 unspecified atom stereocenters. The predicted molar refractivity (Wildman–Crippen MR) is 84.5 cm³/mol. The van der Waals surface area contributed by atoms with Gasteiger partial charge in [-0.05, 0) is 25.7 Å². The highest BCUT2D eigenvalue weighted by Crippen LogP contribution is 2.21. The van der Waals surface area contributed by atoms with E-state index < -0.39 is 0 Å². The Bertz CT molecular complexity index is 457. The molecule has 0 bridgehead atoms. The number of nitrogens with zero attached hydrogens (tertiary/aromatic N) is 2. The van der Waals surface area contributed by atoms with E-state index in [9.17, 15) is 4.79 Å². The van der Waals surface area contributed by atoms with E-state index in [0.29, 0.717) is 13.0 Å². The van der Waals surface area contributed by atoms with Crippen molar-refractivity contribution in [2.75, 3.05) is 51.8 Å². The van der Waals surface area contributed by atoms with Gasteiger partial charge < -0.3 is 19.9 Å². The molecule has 0 radical (unpaired) electrons. The molecule has 5 nitrogen and oxygen atoms in total. The van der Waals surface area contributed by atoms with Crippen LogP contribution < -0.4 is 10.2 Å². The molecule has 0 atom stereocenters. The third-order valence-corrected chi connectivity index (χ3v) is 3.61. The summed E-state index contributed by atoms with van der Waals surface area (Å²) in [5.74, 6) is 0.0977. The highest BCUT2D eigenvalue weighted by molar-refractivity contribution is 5.76. The van der Waals surface area contributed by atoms with Gasteiger partial charge in [-0.15, -0.1) is 0 Å². The Morgan fingerprint density at radius 1 is 1.29 bits per heavy atom. The zero-order valence-corrected chi connectivity index (χ0v) is 13.0. The van der Waals surface area contributed by atoms with Crippen LogP contribution in [-0.2, 0) is 16.1 Å². The van der Waals surface area contributed by atoms with Gasteiger partial charge in [-0.3, -0.25) is 4.79 Å². The molecule has 1 amide bonds. The number of nitrogens with one attached hydrogen (secondary N) is 1. The maximum Gasteiger partial charge on any atom is 0.221 e. The largest absolute Gasteiger partial charge is 0.378 e. The van der Waals surface area contributed by atoms with Crippen molar-refractivity contribution in [1.82, 2.24) is 10.2 Å². The number of carbonyl (C=O) groups is 1. The summed E-state index contributed by atoms with van der Waals surface area (Å²) in [5, 5.41) is 3.01. The number of benzene rings is 1. The van der Waals surface area contributed by atoms with Crippen molar-refractivity contribution in [2.24, 2.45) is 0 Å². The molecule has 21 heavy (non-hydrogen) atoms. The van der Waals surface area contributed by atoms with Crippen LogP contribution in [0.4, 0.5) is 5.69 Å². The molecule has 116 valence electrons. The lowest BCUT2D eigenvalue weighted by Crippen LogP contribution is -2.37. The van der Waals surface area contributed by atoms with Crippen LogP contribution in [0.15, 0.2) is 24.3 Å². The normalized spacial score (nSPS) is 15.3. The second-order valence-electron chi connectivity index (χ2n) is 5.56. The van der Waals surface area contributed by atoms with Crippen molar-refractivity contribution in [3.05, 3.63) is 29.8 Å². The number of anilines is 1. The summed E-state index contributed by atoms with van der Waals surface area (Å²) in [4.78, 5) is 16.2. The monoisotopic (exact) mass is 291 g/mol. The van der Waals surface area contributed by atoms with Crippen molar-refractivity contribution >= 4 is 11.6 Å². The fourth-order valence-electron chi connectivity index (χ4n) is 2.38. The molecule has 1 heterocycles. The van der Waals surface area contributed by atoms with Crippen LogP contribution in [0.2, 0.25) is 0 Å². The number of ether oxygens (including phenoxy) is 1. The summed E-state index contributed by atoms with van der Waals surface area (Å²) in [6.07, 6.45) is 0.534. The lowest BCUT2D eigenvalue weighted by Gasteiger charge is -2.30. The van der Waals surface area contributed by atoms with Crippen LogP contribution in [0.1, 0.15) is 12.0 Å². The zero-order valence-electron chi connectivity index (χ0n) is 13.0. The Morgan fingerprint density at radius 3 is 2.71 bits per heavy atom. The standard InChI is InChI=1S/C16H25N3O2/c1-18(2)8-7-16(20)17-13-14-5-3-4-6-15(14)19-9-11-21-12-10-19/h3-6H,7-13H2,1-2H3,(H,17,20). The summed E-state index contributed by atoms with van der Waals surface area (Å²) in [7, 11) is 3.95. The first kappa shape index (κ1) is 15.8. The van der Waals surface area contributed by atoms with Gasteiger partial charge in [-0.2, -0.15) is 0 Å². The summed E-state index contributed by atoms with van der Waals surface area (Å²) in [5.41, 5.74) is 2.37. The summed E-state index contributed by atoms with van der Waals surface area (Å²) >= 11 is 0. The number of hydrogen-bond donors (Lipinski definition) is 1. The smallest absolute Gasteiger partial charge is 0.221 e. The Morgan fingerprint density at radius 2 is 2.00 bits per heavy atom. The number of morpholine rings is 1. The van der Waals surface area contributed by atoms with Crippen molar-refractivity contribution < 1.29 is 9.53 Å². The van der Waals surface area contributed by atoms with Gasteiger partial charge >= 0.3 is 0 Å². The Kier molecular flexibility index (Phi) is 6.02. The van der Waals surface area contributed by atoms with E-state index in [1.165, 1.54) is 5.69 Å². The first-order valence-corrected chi connectivity index (χ1v) is 7.49. The van der Waals surface area contributed by atoms with Gasteiger partial charge in [0.1, 0.15) is 0 Å². The minimum absolute atomic E-state index is 0.0977. The Hall–Kier alpha value is -1.59. The predicted octanol–water partition coefficient (Wildman–Crippen LogP) is 1.09. The SMILES string of the molecule is CN(C)CCC(=O)NCc1ccccc1N1CCOCC1. The van der Waals surface area contributed by atoms with Gasteiger partial charge in [0.05, 0.1) is 13.2 Å². The van der Waals surface area contributed by atoms with E-state index in [2.05, 4.69) is 22.3 Å². The number of rotatable bonds is 6. The first-order valence-electron chi connectivity index (χ1n) is 7.49. The summed E-state index contributed by atoms with van der Waals surface area (Å²) in [6.45, 7) is 4.71. The molecule has 1 aromatic carbocycles. The average Bonchev–Trinajstić information content (AvgIpc) is 2.52. The molecular formula is C16H25N3O2. The lowest BCUT2D eigenvalue weighted by atomic mass is 10.1. The van der Waals surface area contributed by atoms with Crippen LogP contribution in [-0.4, -0.2) is 57.8 Å². The molecule has 5 heteroatoms. The highest BCUT2D eigenvalue weighted by Gasteiger charge is 2.14. The van der Waals surface area contributed by atoms with Crippen LogP contribution in [0, 0.1) is 0 Å². The van der Waals surface area contributed by atoms with Crippen LogP contribution >= 0.6 is 0 Å². The fourth-order valence-corrected chi connectivity index (χ4v) is 2.38. The Labute approximate surface area is 126 Å². The minimum atomic E-state index is 0.0977. The molecule has 0 saturated carbocycles. The molecule has 1 saturated heterocycles.